The number of carbonyl (C=O) groups excluding carboxylic acids is 4. The van der Waals surface area contributed by atoms with E-state index in [4.69, 9.17) is 9.47 Å². The monoisotopic (exact) mass is 593 g/mol. The van der Waals surface area contributed by atoms with Crippen LogP contribution < -0.4 is 15.0 Å². The summed E-state index contributed by atoms with van der Waals surface area (Å²) in [4.78, 5) is 61.1. The average molecular weight is 594 g/mol. The first-order valence-electron chi connectivity index (χ1n) is 11.5. The number of nitrogens with one attached hydrogen (secondary N) is 1. The molecule has 0 unspecified atom stereocenters. The molecule has 1 N–H and O–H groups in total. The van der Waals surface area contributed by atoms with Gasteiger partial charge in [0.2, 0.25) is 0 Å². The Bertz CT molecular complexity index is 1500. The summed E-state index contributed by atoms with van der Waals surface area (Å²) in [6.45, 7) is 2.03. The van der Waals surface area contributed by atoms with Gasteiger partial charge in [-0.05, 0) is 88.6 Å². The van der Waals surface area contributed by atoms with Gasteiger partial charge in [0.1, 0.15) is 17.9 Å². The number of nitrogens with zero attached hydrogens (tertiary/aromatic N) is 2. The van der Waals surface area contributed by atoms with Crippen molar-refractivity contribution in [3.63, 3.8) is 0 Å². The van der Waals surface area contributed by atoms with Gasteiger partial charge in [-0.25, -0.2) is 14.5 Å². The van der Waals surface area contributed by atoms with E-state index in [1.54, 1.807) is 37.3 Å². The highest BCUT2D eigenvalue weighted by Gasteiger charge is 2.36. The fraction of sp³-hybridized carbons (Fsp3) is 0.111. The summed E-state index contributed by atoms with van der Waals surface area (Å²) in [5.41, 5.74) is 1.33. The largest absolute Gasteiger partial charge is 0.488 e. The number of non-ortho nitro benzene ring substituents is 1. The number of hydrogen-bond acceptors (Lipinski definition) is 8. The van der Waals surface area contributed by atoms with Crippen LogP contribution in [-0.2, 0) is 20.9 Å². The van der Waals surface area contributed by atoms with Crippen LogP contribution in [0.1, 0.15) is 28.4 Å². The summed E-state index contributed by atoms with van der Waals surface area (Å²) in [6.07, 6.45) is 1.34. The van der Waals surface area contributed by atoms with Crippen molar-refractivity contribution in [1.29, 1.82) is 0 Å². The van der Waals surface area contributed by atoms with Gasteiger partial charge in [0.15, 0.2) is 0 Å². The first-order valence-corrected chi connectivity index (χ1v) is 12.3. The van der Waals surface area contributed by atoms with E-state index in [0.29, 0.717) is 15.8 Å². The molecule has 198 valence electrons. The molecular formula is C27H20BrN3O8. The number of benzene rings is 3. The average Bonchev–Trinajstić information content (AvgIpc) is 2.91. The van der Waals surface area contributed by atoms with Crippen LogP contribution in [0, 0.1) is 10.1 Å². The molecule has 0 atom stereocenters. The maximum Gasteiger partial charge on any atom is 0.338 e. The minimum atomic E-state index is -0.915. The minimum Gasteiger partial charge on any atom is -0.488 e. The number of rotatable bonds is 8. The Labute approximate surface area is 230 Å². The Hall–Kier alpha value is -4.84. The Morgan fingerprint density at radius 3 is 2.36 bits per heavy atom. The lowest BCUT2D eigenvalue weighted by Crippen LogP contribution is -2.54. The van der Waals surface area contributed by atoms with Crippen LogP contribution in [-0.4, -0.2) is 35.3 Å². The second-order valence-electron chi connectivity index (χ2n) is 8.13. The van der Waals surface area contributed by atoms with Crippen LogP contribution >= 0.6 is 15.9 Å². The molecule has 39 heavy (non-hydrogen) atoms. The first kappa shape index (κ1) is 27.2. The number of carbonyl (C=O) groups is 4. The molecule has 12 heteroatoms. The van der Waals surface area contributed by atoms with Gasteiger partial charge in [0.25, 0.3) is 17.5 Å². The van der Waals surface area contributed by atoms with E-state index in [0.717, 1.165) is 10.5 Å². The topological polar surface area (TPSA) is 145 Å². The third-order valence-electron chi connectivity index (χ3n) is 5.55. The van der Waals surface area contributed by atoms with Gasteiger partial charge >= 0.3 is 12.0 Å². The molecule has 0 bridgehead atoms. The summed E-state index contributed by atoms with van der Waals surface area (Å²) in [7, 11) is 0. The highest BCUT2D eigenvalue weighted by molar-refractivity contribution is 9.10. The summed E-state index contributed by atoms with van der Waals surface area (Å²) in [5.74, 6) is -1.75. The van der Waals surface area contributed by atoms with E-state index >= 15 is 0 Å². The van der Waals surface area contributed by atoms with Gasteiger partial charge in [0.05, 0.1) is 27.3 Å². The molecule has 4 rings (SSSR count). The molecule has 0 aromatic heterocycles. The molecule has 0 aliphatic carbocycles. The Balaban J connectivity index is 1.51. The molecule has 1 heterocycles. The highest BCUT2D eigenvalue weighted by Crippen LogP contribution is 2.29. The summed E-state index contributed by atoms with van der Waals surface area (Å²) in [5, 5.41) is 12.9. The van der Waals surface area contributed by atoms with Crippen molar-refractivity contribution in [1.82, 2.24) is 5.32 Å². The number of nitro groups is 1. The molecular weight excluding hydrogens is 574 g/mol. The quantitative estimate of drug-likeness (QED) is 0.129. The van der Waals surface area contributed by atoms with Crippen LogP contribution in [0.3, 0.4) is 0 Å². The van der Waals surface area contributed by atoms with Crippen molar-refractivity contribution in [2.45, 2.75) is 13.5 Å². The second kappa shape index (κ2) is 11.7. The van der Waals surface area contributed by atoms with Crippen LogP contribution in [0.2, 0.25) is 0 Å². The predicted molar refractivity (Wildman–Crippen MR) is 143 cm³/mol. The standard InChI is InChI=1S/C27H20BrN3O8/c1-2-38-26(34)18-6-10-19(11-7-18)30-25(33)21(24(32)29-27(30)35)13-17-5-12-23(22(28)14-17)39-15-16-3-8-20(9-4-16)31(36)37/h3-14H,2,15H2,1H3,(H,29,32,35)/b21-13+. The number of anilines is 1. The highest BCUT2D eigenvalue weighted by atomic mass is 79.9. The van der Waals surface area contributed by atoms with Gasteiger partial charge in [-0.1, -0.05) is 6.07 Å². The number of urea groups is 1. The molecule has 1 aliphatic rings. The molecule has 0 spiro atoms. The molecule has 1 aliphatic heterocycles. The fourth-order valence-corrected chi connectivity index (χ4v) is 4.13. The number of ether oxygens (including phenoxy) is 2. The van der Waals surface area contributed by atoms with Gasteiger partial charge in [-0.3, -0.25) is 25.0 Å². The Kier molecular flexibility index (Phi) is 8.15. The normalized spacial score (nSPS) is 14.3. The summed E-state index contributed by atoms with van der Waals surface area (Å²) < 4.78 is 11.2. The van der Waals surface area contributed by atoms with E-state index in [1.807, 2.05) is 0 Å². The molecule has 11 nitrogen and oxygen atoms in total. The maximum atomic E-state index is 13.2. The molecule has 0 saturated carbocycles. The zero-order chi connectivity index (χ0) is 28.1. The lowest BCUT2D eigenvalue weighted by Gasteiger charge is -2.26. The number of amides is 4. The second-order valence-corrected chi connectivity index (χ2v) is 8.98. The van der Waals surface area contributed by atoms with E-state index < -0.39 is 28.7 Å². The molecule has 3 aromatic carbocycles. The van der Waals surface area contributed by atoms with Crippen molar-refractivity contribution in [3.05, 3.63) is 104 Å². The smallest absolute Gasteiger partial charge is 0.338 e. The van der Waals surface area contributed by atoms with E-state index in [1.165, 1.54) is 42.5 Å². The number of esters is 1. The van der Waals surface area contributed by atoms with E-state index in [9.17, 15) is 29.3 Å². The van der Waals surface area contributed by atoms with E-state index in [2.05, 4.69) is 21.2 Å². The summed E-state index contributed by atoms with van der Waals surface area (Å²) >= 11 is 3.40. The maximum absolute atomic E-state index is 13.2. The number of imide groups is 2. The third-order valence-corrected chi connectivity index (χ3v) is 6.17. The van der Waals surface area contributed by atoms with Crippen LogP contribution in [0.5, 0.6) is 5.75 Å². The molecule has 1 fully saturated rings. The SMILES string of the molecule is CCOC(=O)c1ccc(N2C(=O)NC(=O)/C(=C\c3ccc(OCc4ccc([N+](=O)[O-])cc4)c(Br)c3)C2=O)cc1. The molecule has 3 aromatic rings. The third kappa shape index (κ3) is 6.18. The molecule has 1 saturated heterocycles. The number of nitro benzene ring substituents is 1. The van der Waals surface area contributed by atoms with Crippen LogP contribution in [0.4, 0.5) is 16.2 Å². The van der Waals surface area contributed by atoms with Gasteiger partial charge in [-0.15, -0.1) is 0 Å². The minimum absolute atomic E-state index is 0.0208. The number of hydrogen-bond donors (Lipinski definition) is 1. The van der Waals surface area contributed by atoms with Gasteiger partial charge in [0, 0.05) is 12.1 Å². The van der Waals surface area contributed by atoms with Crippen LogP contribution in [0.25, 0.3) is 6.08 Å². The van der Waals surface area contributed by atoms with Crippen molar-refractivity contribution in [2.75, 3.05) is 11.5 Å². The Morgan fingerprint density at radius 2 is 1.74 bits per heavy atom. The van der Waals surface area contributed by atoms with Crippen molar-refractivity contribution in [2.24, 2.45) is 0 Å². The van der Waals surface area contributed by atoms with Crippen molar-refractivity contribution >= 4 is 57.2 Å². The van der Waals surface area contributed by atoms with Crippen LogP contribution in [0.15, 0.2) is 76.8 Å². The lowest BCUT2D eigenvalue weighted by molar-refractivity contribution is -0.384. The molecule has 4 amide bonds. The first-order chi connectivity index (χ1) is 18.7. The fourth-order valence-electron chi connectivity index (χ4n) is 3.62. The zero-order valence-corrected chi connectivity index (χ0v) is 22.0. The Morgan fingerprint density at radius 1 is 1.05 bits per heavy atom. The lowest BCUT2D eigenvalue weighted by atomic mass is 10.1. The van der Waals surface area contributed by atoms with Crippen molar-refractivity contribution < 1.29 is 33.6 Å². The van der Waals surface area contributed by atoms with Crippen molar-refractivity contribution in [3.8, 4) is 5.75 Å². The molecule has 0 radical (unpaired) electrons. The predicted octanol–water partition coefficient (Wildman–Crippen LogP) is 4.78. The number of barbiturate groups is 1. The van der Waals surface area contributed by atoms with Gasteiger partial charge < -0.3 is 9.47 Å². The number of halogens is 1. The van der Waals surface area contributed by atoms with E-state index in [-0.39, 0.29) is 35.7 Å². The zero-order valence-electron chi connectivity index (χ0n) is 20.4. The summed E-state index contributed by atoms with van der Waals surface area (Å²) in [6, 6.07) is 15.6. The van der Waals surface area contributed by atoms with Gasteiger partial charge in [-0.2, -0.15) is 0 Å².